The molecule has 2 aromatic rings. The predicted molar refractivity (Wildman–Crippen MR) is 67.2 cm³/mol. The van der Waals surface area contributed by atoms with Crippen molar-refractivity contribution in [3.05, 3.63) is 34.9 Å². The number of carbonyl (C=O) groups is 1. The molecule has 2 heterocycles. The van der Waals surface area contributed by atoms with E-state index in [0.29, 0.717) is 17.3 Å². The van der Waals surface area contributed by atoms with Gasteiger partial charge in [0, 0.05) is 27.3 Å². The van der Waals surface area contributed by atoms with Crippen LogP contribution in [-0.4, -0.2) is 37.4 Å². The molecular formula is C11H14ClN5O. The fourth-order valence-electron chi connectivity index (χ4n) is 1.69. The number of hydrogen-bond acceptors (Lipinski definition) is 3. The first kappa shape index (κ1) is 12.6. The second-order valence-electron chi connectivity index (χ2n) is 4.11. The van der Waals surface area contributed by atoms with Crippen molar-refractivity contribution in [2.75, 3.05) is 7.05 Å². The average Bonchev–Trinajstić information content (AvgIpc) is 2.85. The zero-order valence-corrected chi connectivity index (χ0v) is 11.2. The molecule has 0 saturated heterocycles. The Bertz CT molecular complexity index is 554. The molecule has 0 aliphatic carbocycles. The smallest absolute Gasteiger partial charge is 0.273 e. The second kappa shape index (κ2) is 4.81. The van der Waals surface area contributed by atoms with E-state index in [1.807, 2.05) is 19.3 Å². The molecule has 0 bridgehead atoms. The van der Waals surface area contributed by atoms with Crippen LogP contribution in [0.3, 0.4) is 0 Å². The van der Waals surface area contributed by atoms with Crippen LogP contribution in [-0.2, 0) is 20.6 Å². The summed E-state index contributed by atoms with van der Waals surface area (Å²) < 4.78 is 3.17. The van der Waals surface area contributed by atoms with Crippen LogP contribution in [0.1, 0.15) is 16.2 Å². The Labute approximate surface area is 110 Å². The molecule has 0 N–H and O–H groups in total. The summed E-state index contributed by atoms with van der Waals surface area (Å²) in [5.41, 5.74) is 1.21. The van der Waals surface area contributed by atoms with Gasteiger partial charge in [-0.05, 0) is 6.07 Å². The van der Waals surface area contributed by atoms with E-state index in [2.05, 4.69) is 10.2 Å². The number of halogens is 1. The minimum atomic E-state index is -0.175. The van der Waals surface area contributed by atoms with E-state index in [1.165, 1.54) is 10.9 Å². The molecule has 7 heteroatoms. The molecule has 0 aliphatic heterocycles. The largest absolute Gasteiger partial charge is 0.334 e. The van der Waals surface area contributed by atoms with E-state index in [0.717, 1.165) is 5.69 Å². The molecule has 0 atom stereocenters. The Morgan fingerprint density at radius 2 is 2.22 bits per heavy atom. The van der Waals surface area contributed by atoms with Gasteiger partial charge in [0.2, 0.25) is 0 Å². The fourth-order valence-corrected chi connectivity index (χ4v) is 1.94. The lowest BCUT2D eigenvalue weighted by molar-refractivity contribution is 0.0772. The quantitative estimate of drug-likeness (QED) is 0.836. The van der Waals surface area contributed by atoms with E-state index in [-0.39, 0.29) is 5.91 Å². The SMILES string of the molecule is CN(Cc1ccn(C)n1)C(=O)c1c(Cl)cnn1C. The van der Waals surface area contributed by atoms with E-state index in [1.54, 1.807) is 23.7 Å². The zero-order valence-electron chi connectivity index (χ0n) is 10.5. The third kappa shape index (κ3) is 2.38. The van der Waals surface area contributed by atoms with Crippen LogP contribution in [0, 0.1) is 0 Å². The summed E-state index contributed by atoms with van der Waals surface area (Å²) in [5, 5.41) is 8.53. The molecule has 1 amide bonds. The Kier molecular flexibility index (Phi) is 3.38. The van der Waals surface area contributed by atoms with Crippen molar-refractivity contribution in [2.45, 2.75) is 6.54 Å². The average molecular weight is 268 g/mol. The van der Waals surface area contributed by atoms with Crippen LogP contribution < -0.4 is 0 Å². The lowest BCUT2D eigenvalue weighted by Crippen LogP contribution is -2.28. The maximum atomic E-state index is 12.2. The van der Waals surface area contributed by atoms with Crippen molar-refractivity contribution in [3.8, 4) is 0 Å². The second-order valence-corrected chi connectivity index (χ2v) is 4.51. The summed E-state index contributed by atoms with van der Waals surface area (Å²) in [6, 6.07) is 1.87. The molecule has 0 saturated carbocycles. The predicted octanol–water partition coefficient (Wildman–Crippen LogP) is 1.08. The minimum Gasteiger partial charge on any atom is -0.334 e. The van der Waals surface area contributed by atoms with Gasteiger partial charge in [0.05, 0.1) is 23.5 Å². The van der Waals surface area contributed by atoms with Gasteiger partial charge in [-0.15, -0.1) is 0 Å². The molecular weight excluding hydrogens is 254 g/mol. The lowest BCUT2D eigenvalue weighted by Gasteiger charge is -2.16. The van der Waals surface area contributed by atoms with Gasteiger partial charge in [0.15, 0.2) is 0 Å². The summed E-state index contributed by atoms with van der Waals surface area (Å²) in [4.78, 5) is 13.8. The van der Waals surface area contributed by atoms with Crippen LogP contribution in [0.25, 0.3) is 0 Å². The molecule has 0 unspecified atom stereocenters. The summed E-state index contributed by atoms with van der Waals surface area (Å²) in [6.07, 6.45) is 3.30. The number of amides is 1. The molecule has 0 radical (unpaired) electrons. The van der Waals surface area contributed by atoms with Crippen LogP contribution in [0.5, 0.6) is 0 Å². The first-order valence-corrected chi connectivity index (χ1v) is 5.78. The molecule has 0 aliphatic rings. The van der Waals surface area contributed by atoms with Gasteiger partial charge in [-0.25, -0.2) is 0 Å². The van der Waals surface area contributed by atoms with Crippen LogP contribution >= 0.6 is 11.6 Å². The van der Waals surface area contributed by atoms with Gasteiger partial charge < -0.3 is 4.90 Å². The van der Waals surface area contributed by atoms with Gasteiger partial charge in [0.25, 0.3) is 5.91 Å². The Hall–Kier alpha value is -1.82. The number of aromatic nitrogens is 4. The highest BCUT2D eigenvalue weighted by molar-refractivity contribution is 6.33. The molecule has 2 aromatic heterocycles. The zero-order chi connectivity index (χ0) is 13.3. The highest BCUT2D eigenvalue weighted by Gasteiger charge is 2.20. The normalized spacial score (nSPS) is 10.7. The van der Waals surface area contributed by atoms with Crippen molar-refractivity contribution < 1.29 is 4.79 Å². The van der Waals surface area contributed by atoms with Gasteiger partial charge in [0.1, 0.15) is 5.69 Å². The molecule has 0 aromatic carbocycles. The first-order valence-electron chi connectivity index (χ1n) is 5.40. The van der Waals surface area contributed by atoms with Gasteiger partial charge in [-0.3, -0.25) is 14.2 Å². The van der Waals surface area contributed by atoms with Crippen LogP contribution in [0.15, 0.2) is 18.5 Å². The van der Waals surface area contributed by atoms with Crippen molar-refractivity contribution >= 4 is 17.5 Å². The van der Waals surface area contributed by atoms with Crippen molar-refractivity contribution in [2.24, 2.45) is 14.1 Å². The number of hydrogen-bond donors (Lipinski definition) is 0. The molecule has 18 heavy (non-hydrogen) atoms. The van der Waals surface area contributed by atoms with Crippen LogP contribution in [0.4, 0.5) is 0 Å². The first-order chi connectivity index (χ1) is 8.49. The molecule has 6 nitrogen and oxygen atoms in total. The lowest BCUT2D eigenvalue weighted by atomic mass is 10.3. The summed E-state index contributed by atoms with van der Waals surface area (Å²) in [5.74, 6) is -0.175. The standard InChI is InChI=1S/C11H14ClN5O/c1-15(7-8-4-5-16(2)14-8)11(18)10-9(12)6-13-17(10)3/h4-6H,7H2,1-3H3. The molecule has 96 valence electrons. The highest BCUT2D eigenvalue weighted by Crippen LogP contribution is 2.16. The Morgan fingerprint density at radius 1 is 1.50 bits per heavy atom. The van der Waals surface area contributed by atoms with E-state index < -0.39 is 0 Å². The summed E-state index contributed by atoms with van der Waals surface area (Å²) in [6.45, 7) is 0.432. The van der Waals surface area contributed by atoms with E-state index in [4.69, 9.17) is 11.6 Å². The Balaban J connectivity index is 2.14. The number of carbonyl (C=O) groups excluding carboxylic acids is 1. The van der Waals surface area contributed by atoms with Crippen molar-refractivity contribution in [1.82, 2.24) is 24.5 Å². The van der Waals surface area contributed by atoms with Crippen LogP contribution in [0.2, 0.25) is 5.02 Å². The monoisotopic (exact) mass is 267 g/mol. The van der Waals surface area contributed by atoms with Gasteiger partial charge >= 0.3 is 0 Å². The Morgan fingerprint density at radius 3 is 2.72 bits per heavy atom. The molecule has 0 fully saturated rings. The van der Waals surface area contributed by atoms with Crippen molar-refractivity contribution in [3.63, 3.8) is 0 Å². The maximum absolute atomic E-state index is 12.2. The number of rotatable bonds is 3. The third-order valence-corrected chi connectivity index (χ3v) is 2.89. The minimum absolute atomic E-state index is 0.175. The number of nitrogens with zero attached hydrogens (tertiary/aromatic N) is 5. The van der Waals surface area contributed by atoms with Gasteiger partial charge in [-0.2, -0.15) is 10.2 Å². The van der Waals surface area contributed by atoms with Crippen molar-refractivity contribution in [1.29, 1.82) is 0 Å². The van der Waals surface area contributed by atoms with E-state index >= 15 is 0 Å². The molecule has 2 rings (SSSR count). The fraction of sp³-hybridized carbons (Fsp3) is 0.364. The highest BCUT2D eigenvalue weighted by atomic mass is 35.5. The summed E-state index contributed by atoms with van der Waals surface area (Å²) >= 11 is 5.94. The third-order valence-electron chi connectivity index (χ3n) is 2.61. The van der Waals surface area contributed by atoms with Gasteiger partial charge in [-0.1, -0.05) is 11.6 Å². The number of aryl methyl sites for hydroxylation is 2. The van der Waals surface area contributed by atoms with E-state index in [9.17, 15) is 4.79 Å². The summed E-state index contributed by atoms with van der Waals surface area (Å²) in [7, 11) is 5.23. The maximum Gasteiger partial charge on any atom is 0.273 e. The topological polar surface area (TPSA) is 56.0 Å². The molecule has 0 spiro atoms.